The van der Waals surface area contributed by atoms with Crippen molar-refractivity contribution in [2.24, 2.45) is 0 Å². The minimum atomic E-state index is -0.839. The molecule has 0 aliphatic carbocycles. The van der Waals surface area contributed by atoms with E-state index in [1.54, 1.807) is 25.4 Å². The van der Waals surface area contributed by atoms with Crippen molar-refractivity contribution >= 4 is 40.2 Å². The standard InChI is InChI=1S/C6H4FSe.3C4H9.Sn/c7-5-1-3-6(8)4-2-5;3*1-3-4-2;/h1-4H;3*1,3-4H2,2H3;. The monoisotopic (exact) mass is 466 g/mol. The number of benzene rings is 1. The predicted molar refractivity (Wildman–Crippen MR) is 96.7 cm³/mol. The minimum absolute atomic E-state index is 0.191. The van der Waals surface area contributed by atoms with Gasteiger partial charge < -0.3 is 0 Å². The Kier molecular flexibility index (Phi) is 15.7. The van der Waals surface area contributed by atoms with Crippen molar-refractivity contribution in [3.05, 3.63) is 30.1 Å². The number of hydrogen-bond donors (Lipinski definition) is 0. The first kappa shape index (κ1) is 21.5. The molecule has 0 nitrogen and oxygen atoms in total. The van der Waals surface area contributed by atoms with Gasteiger partial charge in [0, 0.05) is 0 Å². The van der Waals surface area contributed by atoms with E-state index in [0.29, 0.717) is 0 Å². The molecule has 3 heteroatoms. The van der Waals surface area contributed by atoms with Gasteiger partial charge in [0.15, 0.2) is 0 Å². The van der Waals surface area contributed by atoms with Gasteiger partial charge in [0.1, 0.15) is 0 Å². The van der Waals surface area contributed by atoms with Gasteiger partial charge >= 0.3 is 147 Å². The Hall–Kier alpha value is 0.468. The van der Waals surface area contributed by atoms with Gasteiger partial charge in [-0.05, 0) is 0 Å². The average molecular weight is 464 g/mol. The third-order valence-electron chi connectivity index (χ3n) is 3.47. The van der Waals surface area contributed by atoms with Crippen LogP contribution in [0.25, 0.3) is 0 Å². The van der Waals surface area contributed by atoms with Crippen LogP contribution in [0.1, 0.15) is 59.3 Å². The molecule has 0 aliphatic rings. The Morgan fingerprint density at radius 3 is 1.48 bits per heavy atom. The molecule has 0 N–H and O–H groups in total. The van der Waals surface area contributed by atoms with E-state index in [9.17, 15) is 4.39 Å². The summed E-state index contributed by atoms with van der Waals surface area (Å²) < 4.78 is 18.1. The molecule has 1 rings (SSSR count). The van der Waals surface area contributed by atoms with Crippen LogP contribution in [-0.4, -0.2) is 35.8 Å². The quantitative estimate of drug-likeness (QED) is 0.424. The normalized spacial score (nSPS) is 10.3. The van der Waals surface area contributed by atoms with Crippen LogP contribution in [0.3, 0.4) is 0 Å². The van der Waals surface area contributed by atoms with Crippen LogP contribution in [0.15, 0.2) is 24.3 Å². The summed E-state index contributed by atoms with van der Waals surface area (Å²) in [7, 11) is 0. The molecule has 2 radical (unpaired) electrons. The van der Waals surface area contributed by atoms with E-state index >= 15 is 0 Å². The molecule has 1 aromatic carbocycles. The van der Waals surface area contributed by atoms with Crippen molar-refractivity contribution in [2.75, 3.05) is 0 Å². The molecule has 0 atom stereocenters. The van der Waals surface area contributed by atoms with Gasteiger partial charge in [-0.3, -0.25) is 0 Å². The van der Waals surface area contributed by atoms with Crippen LogP contribution in [-0.2, 0) is 0 Å². The summed E-state index contributed by atoms with van der Waals surface area (Å²) in [6.07, 6.45) is 8.85. The van der Waals surface area contributed by atoms with Crippen molar-refractivity contribution < 1.29 is 4.39 Å². The maximum atomic E-state index is 12.1. The molecule has 0 unspecified atom stereocenters. The van der Waals surface area contributed by atoms with E-state index in [-0.39, 0.29) is 5.82 Å². The van der Waals surface area contributed by atoms with Crippen molar-refractivity contribution in [2.45, 2.75) is 72.6 Å². The van der Waals surface area contributed by atoms with Crippen LogP contribution in [0, 0.1) is 5.82 Å². The van der Waals surface area contributed by atoms with E-state index < -0.39 is 19.8 Å². The van der Waals surface area contributed by atoms with E-state index in [0.717, 1.165) is 4.46 Å². The van der Waals surface area contributed by atoms with Crippen LogP contribution in [0.2, 0.25) is 13.3 Å². The molecule has 0 saturated heterocycles. The van der Waals surface area contributed by atoms with Gasteiger partial charge in [-0.2, -0.15) is 0 Å². The molecule has 1 aromatic rings. The van der Waals surface area contributed by atoms with Gasteiger partial charge in [-0.15, -0.1) is 0 Å². The molecule has 0 spiro atoms. The SMILES string of the molecule is CCC[CH2][Sn]([CH2]CCC)[CH2]CCC.Fc1ccc([Se])cc1. The van der Waals surface area contributed by atoms with Gasteiger partial charge in [-0.1, -0.05) is 0 Å². The first-order chi connectivity index (χ1) is 10.1. The second-order valence-electron chi connectivity index (χ2n) is 5.51. The second-order valence-corrected chi connectivity index (χ2v) is 15.1. The zero-order chi connectivity index (χ0) is 15.9. The Bertz CT molecular complexity index is 286. The summed E-state index contributed by atoms with van der Waals surface area (Å²) in [5.41, 5.74) is 0. The van der Waals surface area contributed by atoms with Crippen molar-refractivity contribution in [1.82, 2.24) is 0 Å². The molecule has 0 bridgehead atoms. The van der Waals surface area contributed by atoms with Crippen LogP contribution >= 0.6 is 0 Å². The maximum absolute atomic E-state index is 12.1. The van der Waals surface area contributed by atoms with E-state index in [4.69, 9.17) is 0 Å². The van der Waals surface area contributed by atoms with Crippen LogP contribution in [0.5, 0.6) is 0 Å². The third-order valence-corrected chi connectivity index (χ3v) is 13.1. The van der Waals surface area contributed by atoms with Crippen LogP contribution in [0.4, 0.5) is 4.39 Å². The zero-order valence-corrected chi connectivity index (χ0v) is 18.5. The number of halogens is 1. The summed E-state index contributed by atoms with van der Waals surface area (Å²) in [6.45, 7) is 7.00. The Balaban J connectivity index is 0.000000423. The summed E-state index contributed by atoms with van der Waals surface area (Å²) in [5, 5.41) is 0. The fourth-order valence-electron chi connectivity index (χ4n) is 2.09. The molecule has 0 saturated carbocycles. The molecule has 120 valence electrons. The van der Waals surface area contributed by atoms with Gasteiger partial charge in [-0.25, -0.2) is 0 Å². The van der Waals surface area contributed by atoms with Crippen molar-refractivity contribution in [3.63, 3.8) is 0 Å². The molecule has 21 heavy (non-hydrogen) atoms. The number of unbranched alkanes of at least 4 members (excludes halogenated alkanes) is 3. The zero-order valence-electron chi connectivity index (χ0n) is 14.0. The Labute approximate surface area is 146 Å². The molecule has 0 amide bonds. The predicted octanol–water partition coefficient (Wildman–Crippen LogP) is 5.50. The number of hydrogen-bond acceptors (Lipinski definition) is 0. The van der Waals surface area contributed by atoms with E-state index in [1.807, 2.05) is 0 Å². The molecular weight excluding hydrogens is 433 g/mol. The fourth-order valence-corrected chi connectivity index (χ4v) is 11.8. The Morgan fingerprint density at radius 1 is 0.810 bits per heavy atom. The van der Waals surface area contributed by atoms with Gasteiger partial charge in [0.2, 0.25) is 0 Å². The summed E-state index contributed by atoms with van der Waals surface area (Å²) in [6, 6.07) is 6.22. The second kappa shape index (κ2) is 15.4. The topological polar surface area (TPSA) is 0 Å². The number of rotatable bonds is 9. The Morgan fingerprint density at radius 2 is 1.19 bits per heavy atom. The fraction of sp³-hybridized carbons (Fsp3) is 0.667. The van der Waals surface area contributed by atoms with E-state index in [2.05, 4.69) is 36.8 Å². The third kappa shape index (κ3) is 13.8. The van der Waals surface area contributed by atoms with E-state index in [1.165, 1.54) is 50.7 Å². The first-order valence-corrected chi connectivity index (χ1v) is 15.3. The molecule has 0 heterocycles. The van der Waals surface area contributed by atoms with Crippen molar-refractivity contribution in [1.29, 1.82) is 0 Å². The van der Waals surface area contributed by atoms with Crippen LogP contribution < -0.4 is 4.46 Å². The molecule has 0 aliphatic heterocycles. The summed E-state index contributed by atoms with van der Waals surface area (Å²) in [4.78, 5) is 0. The first-order valence-electron chi connectivity index (χ1n) is 8.40. The summed E-state index contributed by atoms with van der Waals surface area (Å²) in [5.74, 6) is -0.191. The van der Waals surface area contributed by atoms with Crippen molar-refractivity contribution in [3.8, 4) is 0 Å². The summed E-state index contributed by atoms with van der Waals surface area (Å²) >= 11 is 1.92. The van der Waals surface area contributed by atoms with Gasteiger partial charge in [0.05, 0.1) is 0 Å². The molecule has 0 fully saturated rings. The molecule has 0 aromatic heterocycles. The average Bonchev–Trinajstić information content (AvgIpc) is 2.50. The molecular formula is C18H31FSeSn. The van der Waals surface area contributed by atoms with Gasteiger partial charge in [0.25, 0.3) is 0 Å².